The lowest BCUT2D eigenvalue weighted by Crippen LogP contribution is -2.42. The zero-order chi connectivity index (χ0) is 15.5. The number of rotatable bonds is 5. The second-order valence-electron chi connectivity index (χ2n) is 6.22. The monoisotopic (exact) mass is 324 g/mol. The summed E-state index contributed by atoms with van der Waals surface area (Å²) in [6.45, 7) is 1.29. The molecule has 3 rings (SSSR count). The van der Waals surface area contributed by atoms with E-state index in [4.69, 9.17) is 9.47 Å². The van der Waals surface area contributed by atoms with Crippen molar-refractivity contribution in [2.75, 3.05) is 14.2 Å². The highest BCUT2D eigenvalue weighted by Gasteiger charge is 2.45. The molecule has 1 aliphatic carbocycles. The fourth-order valence-electron chi connectivity index (χ4n) is 3.95. The van der Waals surface area contributed by atoms with Gasteiger partial charge in [0.2, 0.25) is 0 Å². The maximum Gasteiger partial charge on any atom is 0.323 e. The topological polar surface area (TPSA) is 51.7 Å². The van der Waals surface area contributed by atoms with Gasteiger partial charge in [0.05, 0.1) is 19.4 Å². The molecule has 2 heterocycles. The summed E-state index contributed by atoms with van der Waals surface area (Å²) in [6, 6.07) is 0.399. The van der Waals surface area contributed by atoms with Gasteiger partial charge in [-0.15, -0.1) is 11.3 Å². The number of thiazole rings is 1. The van der Waals surface area contributed by atoms with Gasteiger partial charge in [0.1, 0.15) is 11.0 Å². The van der Waals surface area contributed by atoms with E-state index < -0.39 is 0 Å². The first-order valence-corrected chi connectivity index (χ1v) is 8.86. The molecule has 2 fully saturated rings. The highest BCUT2D eigenvalue weighted by molar-refractivity contribution is 7.09. The van der Waals surface area contributed by atoms with Crippen molar-refractivity contribution in [3.8, 4) is 0 Å². The Bertz CT molecular complexity index is 519. The van der Waals surface area contributed by atoms with Crippen LogP contribution in [0.4, 0.5) is 0 Å². The number of nitrogens with zero attached hydrogens (tertiary/aromatic N) is 2. The highest BCUT2D eigenvalue weighted by atomic mass is 32.1. The van der Waals surface area contributed by atoms with Gasteiger partial charge in [-0.25, -0.2) is 4.98 Å². The SMILES string of the molecule is COCc1nc(CN2[C@@H]3CCCC[C@@H]3C[C@H]2C(=O)OC)cs1. The fraction of sp³-hybridized carbons (Fsp3) is 0.750. The number of fused-ring (bicyclic) bond motifs is 1. The van der Waals surface area contributed by atoms with E-state index in [9.17, 15) is 4.79 Å². The molecule has 0 radical (unpaired) electrons. The minimum absolute atomic E-state index is 0.0956. The van der Waals surface area contributed by atoms with Crippen LogP contribution in [0.3, 0.4) is 0 Å². The van der Waals surface area contributed by atoms with Crippen LogP contribution >= 0.6 is 11.3 Å². The van der Waals surface area contributed by atoms with Crippen LogP contribution in [0.25, 0.3) is 0 Å². The van der Waals surface area contributed by atoms with Crippen LogP contribution < -0.4 is 0 Å². The van der Waals surface area contributed by atoms with E-state index in [2.05, 4.69) is 15.3 Å². The Morgan fingerprint density at radius 1 is 1.41 bits per heavy atom. The van der Waals surface area contributed by atoms with E-state index in [1.54, 1.807) is 18.4 Å². The van der Waals surface area contributed by atoms with E-state index in [1.165, 1.54) is 32.8 Å². The molecular formula is C16H24N2O3S. The zero-order valence-corrected chi connectivity index (χ0v) is 14.1. The summed E-state index contributed by atoms with van der Waals surface area (Å²) in [5, 5.41) is 3.07. The molecule has 1 saturated heterocycles. The van der Waals surface area contributed by atoms with Gasteiger partial charge in [-0.3, -0.25) is 9.69 Å². The zero-order valence-electron chi connectivity index (χ0n) is 13.3. The van der Waals surface area contributed by atoms with Crippen molar-refractivity contribution in [3.05, 3.63) is 16.1 Å². The molecule has 2 aliphatic rings. The summed E-state index contributed by atoms with van der Waals surface area (Å²) in [7, 11) is 3.17. The Balaban J connectivity index is 1.75. The van der Waals surface area contributed by atoms with E-state index in [1.807, 2.05) is 0 Å². The molecule has 0 amide bonds. The summed E-state index contributed by atoms with van der Waals surface area (Å²) in [5.74, 6) is 0.539. The van der Waals surface area contributed by atoms with Crippen molar-refractivity contribution in [2.45, 2.75) is 57.3 Å². The third-order valence-electron chi connectivity index (χ3n) is 4.91. The molecule has 1 aromatic heterocycles. The average molecular weight is 324 g/mol. The molecule has 5 nitrogen and oxygen atoms in total. The summed E-state index contributed by atoms with van der Waals surface area (Å²) in [5.41, 5.74) is 1.04. The largest absolute Gasteiger partial charge is 0.468 e. The van der Waals surface area contributed by atoms with Crippen molar-refractivity contribution >= 4 is 17.3 Å². The molecule has 1 saturated carbocycles. The number of carbonyl (C=O) groups excluding carboxylic acids is 1. The van der Waals surface area contributed by atoms with Crippen molar-refractivity contribution in [1.29, 1.82) is 0 Å². The molecule has 0 aromatic carbocycles. The number of hydrogen-bond donors (Lipinski definition) is 0. The Morgan fingerprint density at radius 3 is 3.00 bits per heavy atom. The maximum atomic E-state index is 12.2. The van der Waals surface area contributed by atoms with E-state index in [0.717, 1.165) is 23.7 Å². The Hall–Kier alpha value is -0.980. The molecule has 22 heavy (non-hydrogen) atoms. The highest BCUT2D eigenvalue weighted by Crippen LogP contribution is 2.40. The molecule has 122 valence electrons. The number of hydrogen-bond acceptors (Lipinski definition) is 6. The Morgan fingerprint density at radius 2 is 2.23 bits per heavy atom. The van der Waals surface area contributed by atoms with Crippen LogP contribution in [0.1, 0.15) is 42.8 Å². The number of methoxy groups -OCH3 is 2. The molecule has 3 atom stereocenters. The molecule has 0 unspecified atom stereocenters. The summed E-state index contributed by atoms with van der Waals surface area (Å²) in [4.78, 5) is 19.1. The fourth-order valence-corrected chi connectivity index (χ4v) is 4.70. The normalized spacial score (nSPS) is 28.5. The van der Waals surface area contributed by atoms with Crippen molar-refractivity contribution in [1.82, 2.24) is 9.88 Å². The van der Waals surface area contributed by atoms with Crippen LogP contribution in [0, 0.1) is 5.92 Å². The standard InChI is InChI=1S/C16H24N2O3S/c1-20-9-15-17-12(10-22-15)8-18-13-6-4-3-5-11(13)7-14(18)16(19)21-2/h10-11,13-14H,3-9H2,1-2H3/t11-,13-,14+/m1/s1. The predicted octanol–water partition coefficient (Wildman–Crippen LogP) is 2.60. The average Bonchev–Trinajstić information content (AvgIpc) is 3.13. The molecule has 1 aromatic rings. The van der Waals surface area contributed by atoms with E-state index >= 15 is 0 Å². The van der Waals surface area contributed by atoms with Gasteiger partial charge in [-0.05, 0) is 25.2 Å². The first-order chi connectivity index (χ1) is 10.7. The Labute approximate surface area is 135 Å². The van der Waals surface area contributed by atoms with Gasteiger partial charge in [-0.2, -0.15) is 0 Å². The molecular weight excluding hydrogens is 300 g/mol. The maximum absolute atomic E-state index is 12.2. The molecule has 0 bridgehead atoms. The van der Waals surface area contributed by atoms with E-state index in [0.29, 0.717) is 18.6 Å². The van der Waals surface area contributed by atoms with Crippen molar-refractivity contribution in [3.63, 3.8) is 0 Å². The molecule has 6 heteroatoms. The third kappa shape index (κ3) is 3.19. The molecule has 1 aliphatic heterocycles. The van der Waals surface area contributed by atoms with Crippen molar-refractivity contribution < 1.29 is 14.3 Å². The van der Waals surface area contributed by atoms with Gasteiger partial charge in [0.25, 0.3) is 0 Å². The minimum atomic E-state index is -0.106. The van der Waals surface area contributed by atoms with Gasteiger partial charge in [0, 0.05) is 25.1 Å². The summed E-state index contributed by atoms with van der Waals surface area (Å²) in [6.07, 6.45) is 5.91. The third-order valence-corrected chi connectivity index (χ3v) is 5.78. The summed E-state index contributed by atoms with van der Waals surface area (Å²) >= 11 is 1.62. The minimum Gasteiger partial charge on any atom is -0.468 e. The lowest BCUT2D eigenvalue weighted by atomic mass is 9.85. The van der Waals surface area contributed by atoms with Gasteiger partial charge >= 0.3 is 5.97 Å². The quantitative estimate of drug-likeness (QED) is 0.779. The van der Waals surface area contributed by atoms with Crippen LogP contribution in [0.5, 0.6) is 0 Å². The number of likely N-dealkylation sites (tertiary alicyclic amines) is 1. The Kier molecular flexibility index (Phi) is 5.10. The molecule has 0 spiro atoms. The van der Waals surface area contributed by atoms with Gasteiger partial charge in [-0.1, -0.05) is 12.8 Å². The lowest BCUT2D eigenvalue weighted by Gasteiger charge is -2.32. The van der Waals surface area contributed by atoms with Crippen LogP contribution in [0.2, 0.25) is 0 Å². The number of aromatic nitrogens is 1. The number of esters is 1. The van der Waals surface area contributed by atoms with Crippen LogP contribution in [-0.2, 0) is 27.4 Å². The number of carbonyl (C=O) groups is 1. The van der Waals surface area contributed by atoms with E-state index in [-0.39, 0.29) is 12.0 Å². The first kappa shape index (κ1) is 15.9. The van der Waals surface area contributed by atoms with Gasteiger partial charge in [0.15, 0.2) is 0 Å². The predicted molar refractivity (Wildman–Crippen MR) is 84.5 cm³/mol. The van der Waals surface area contributed by atoms with Crippen LogP contribution in [-0.4, -0.2) is 42.2 Å². The van der Waals surface area contributed by atoms with Crippen LogP contribution in [0.15, 0.2) is 5.38 Å². The summed E-state index contributed by atoms with van der Waals surface area (Å²) < 4.78 is 10.2. The van der Waals surface area contributed by atoms with Crippen molar-refractivity contribution in [2.24, 2.45) is 5.92 Å². The second-order valence-corrected chi connectivity index (χ2v) is 7.17. The molecule has 0 N–H and O–H groups in total. The second kappa shape index (κ2) is 7.06. The van der Waals surface area contributed by atoms with Gasteiger partial charge < -0.3 is 9.47 Å². The number of ether oxygens (including phenoxy) is 2. The smallest absolute Gasteiger partial charge is 0.323 e. The lowest BCUT2D eigenvalue weighted by molar-refractivity contribution is -0.146. The first-order valence-electron chi connectivity index (χ1n) is 7.98.